The summed E-state index contributed by atoms with van der Waals surface area (Å²) in [7, 11) is 0. The molecule has 23 heavy (non-hydrogen) atoms. The molecule has 0 saturated heterocycles. The van der Waals surface area contributed by atoms with E-state index >= 15 is 0 Å². The maximum absolute atomic E-state index is 12.1. The standard InChI is InChI=1S/C20H24O3/c1-5-22-18-12-8-16(9-13-18)19(21)23-14-15-6-10-17(11-7-15)20(2,3)4/h6-13H,5,14H2,1-4H3. The Kier molecular flexibility index (Phi) is 5.43. The summed E-state index contributed by atoms with van der Waals surface area (Å²) >= 11 is 0. The zero-order valence-electron chi connectivity index (χ0n) is 14.3. The largest absolute Gasteiger partial charge is 0.494 e. The monoisotopic (exact) mass is 312 g/mol. The van der Waals surface area contributed by atoms with E-state index in [2.05, 4.69) is 32.9 Å². The molecular formula is C20H24O3. The molecule has 0 spiro atoms. The van der Waals surface area contributed by atoms with Crippen LogP contribution in [0.3, 0.4) is 0 Å². The van der Waals surface area contributed by atoms with Gasteiger partial charge in [-0.1, -0.05) is 45.0 Å². The first kappa shape index (κ1) is 17.1. The Bertz CT molecular complexity index is 634. The van der Waals surface area contributed by atoms with Crippen molar-refractivity contribution in [3.63, 3.8) is 0 Å². The summed E-state index contributed by atoms with van der Waals surface area (Å²) in [5, 5.41) is 0. The van der Waals surface area contributed by atoms with E-state index in [0.717, 1.165) is 11.3 Å². The van der Waals surface area contributed by atoms with Gasteiger partial charge >= 0.3 is 5.97 Å². The second-order valence-corrected chi connectivity index (χ2v) is 6.48. The Labute approximate surface area is 138 Å². The fourth-order valence-corrected chi connectivity index (χ4v) is 2.19. The molecule has 3 nitrogen and oxygen atoms in total. The van der Waals surface area contributed by atoms with Crippen molar-refractivity contribution >= 4 is 5.97 Å². The molecule has 0 radical (unpaired) electrons. The minimum atomic E-state index is -0.326. The van der Waals surface area contributed by atoms with Gasteiger partial charge in [0.25, 0.3) is 0 Å². The fourth-order valence-electron chi connectivity index (χ4n) is 2.19. The van der Waals surface area contributed by atoms with Gasteiger partial charge in [0.2, 0.25) is 0 Å². The van der Waals surface area contributed by atoms with Crippen molar-refractivity contribution in [3.05, 3.63) is 65.2 Å². The van der Waals surface area contributed by atoms with Crippen LogP contribution in [0, 0.1) is 0 Å². The zero-order valence-corrected chi connectivity index (χ0v) is 14.3. The van der Waals surface area contributed by atoms with Crippen molar-refractivity contribution in [2.75, 3.05) is 6.61 Å². The van der Waals surface area contributed by atoms with Gasteiger partial charge in [-0.3, -0.25) is 0 Å². The SMILES string of the molecule is CCOc1ccc(C(=O)OCc2ccc(C(C)(C)C)cc2)cc1. The third kappa shape index (κ3) is 4.85. The highest BCUT2D eigenvalue weighted by Gasteiger charge is 2.13. The Morgan fingerprint density at radius 2 is 1.57 bits per heavy atom. The summed E-state index contributed by atoms with van der Waals surface area (Å²) in [6.07, 6.45) is 0. The van der Waals surface area contributed by atoms with Gasteiger partial charge in [0, 0.05) is 0 Å². The summed E-state index contributed by atoms with van der Waals surface area (Å²) in [6.45, 7) is 9.33. The van der Waals surface area contributed by atoms with E-state index in [1.165, 1.54) is 5.56 Å². The number of carbonyl (C=O) groups excluding carboxylic acids is 1. The van der Waals surface area contributed by atoms with Crippen molar-refractivity contribution in [2.24, 2.45) is 0 Å². The zero-order chi connectivity index (χ0) is 16.9. The predicted molar refractivity (Wildman–Crippen MR) is 91.9 cm³/mol. The third-order valence-electron chi connectivity index (χ3n) is 3.59. The number of esters is 1. The van der Waals surface area contributed by atoms with Gasteiger partial charge in [0.15, 0.2) is 0 Å². The summed E-state index contributed by atoms with van der Waals surface area (Å²) in [4.78, 5) is 12.1. The summed E-state index contributed by atoms with van der Waals surface area (Å²) < 4.78 is 10.7. The van der Waals surface area contributed by atoms with Crippen LogP contribution in [-0.4, -0.2) is 12.6 Å². The predicted octanol–water partition coefficient (Wildman–Crippen LogP) is 4.74. The van der Waals surface area contributed by atoms with E-state index in [1.807, 2.05) is 19.1 Å². The summed E-state index contributed by atoms with van der Waals surface area (Å²) in [6, 6.07) is 15.2. The lowest BCUT2D eigenvalue weighted by molar-refractivity contribution is 0.0472. The topological polar surface area (TPSA) is 35.5 Å². The number of rotatable bonds is 5. The fraction of sp³-hybridized carbons (Fsp3) is 0.350. The van der Waals surface area contributed by atoms with Gasteiger partial charge in [0.05, 0.1) is 12.2 Å². The van der Waals surface area contributed by atoms with Crippen LogP contribution in [0.25, 0.3) is 0 Å². The Morgan fingerprint density at radius 1 is 0.957 bits per heavy atom. The maximum atomic E-state index is 12.1. The van der Waals surface area contributed by atoms with E-state index < -0.39 is 0 Å². The first-order valence-electron chi connectivity index (χ1n) is 7.89. The van der Waals surface area contributed by atoms with Crippen LogP contribution in [0.5, 0.6) is 5.75 Å². The van der Waals surface area contributed by atoms with E-state index in [-0.39, 0.29) is 18.0 Å². The molecule has 0 amide bonds. The van der Waals surface area contributed by atoms with Gasteiger partial charge in [-0.25, -0.2) is 4.79 Å². The van der Waals surface area contributed by atoms with E-state index in [0.29, 0.717) is 12.2 Å². The molecule has 0 N–H and O–H groups in total. The highest BCUT2D eigenvalue weighted by molar-refractivity contribution is 5.89. The lowest BCUT2D eigenvalue weighted by atomic mass is 9.87. The maximum Gasteiger partial charge on any atom is 0.338 e. The van der Waals surface area contributed by atoms with Gasteiger partial charge < -0.3 is 9.47 Å². The van der Waals surface area contributed by atoms with Crippen LogP contribution >= 0.6 is 0 Å². The Hall–Kier alpha value is -2.29. The molecule has 0 fully saturated rings. The Balaban J connectivity index is 1.93. The van der Waals surface area contributed by atoms with Gasteiger partial charge in [-0.05, 0) is 47.7 Å². The number of carbonyl (C=O) groups is 1. The molecule has 3 heteroatoms. The van der Waals surface area contributed by atoms with Crippen LogP contribution in [0.15, 0.2) is 48.5 Å². The van der Waals surface area contributed by atoms with E-state index in [9.17, 15) is 4.79 Å². The van der Waals surface area contributed by atoms with Crippen LogP contribution in [0.2, 0.25) is 0 Å². The van der Waals surface area contributed by atoms with Crippen molar-refractivity contribution in [1.29, 1.82) is 0 Å². The van der Waals surface area contributed by atoms with Gasteiger partial charge in [0.1, 0.15) is 12.4 Å². The smallest absolute Gasteiger partial charge is 0.338 e. The molecule has 2 aromatic rings. The number of ether oxygens (including phenoxy) is 2. The summed E-state index contributed by atoms with van der Waals surface area (Å²) in [5.74, 6) is 0.426. The molecule has 2 aromatic carbocycles. The normalized spacial score (nSPS) is 11.1. The molecule has 0 aliphatic heterocycles. The molecule has 0 aliphatic carbocycles. The van der Waals surface area contributed by atoms with E-state index in [4.69, 9.17) is 9.47 Å². The quantitative estimate of drug-likeness (QED) is 0.748. The first-order valence-corrected chi connectivity index (χ1v) is 7.89. The van der Waals surface area contributed by atoms with Crippen molar-refractivity contribution < 1.29 is 14.3 Å². The molecule has 0 aromatic heterocycles. The highest BCUT2D eigenvalue weighted by atomic mass is 16.5. The summed E-state index contributed by atoms with van der Waals surface area (Å²) in [5.41, 5.74) is 2.90. The van der Waals surface area contributed by atoms with Crippen molar-refractivity contribution in [3.8, 4) is 5.75 Å². The molecule has 0 bridgehead atoms. The minimum Gasteiger partial charge on any atom is -0.494 e. The lowest BCUT2D eigenvalue weighted by Gasteiger charge is -2.19. The molecule has 2 rings (SSSR count). The number of benzene rings is 2. The third-order valence-corrected chi connectivity index (χ3v) is 3.59. The van der Waals surface area contributed by atoms with Gasteiger partial charge in [-0.15, -0.1) is 0 Å². The molecule has 122 valence electrons. The number of hydrogen-bond acceptors (Lipinski definition) is 3. The van der Waals surface area contributed by atoms with Crippen molar-refractivity contribution in [1.82, 2.24) is 0 Å². The number of hydrogen-bond donors (Lipinski definition) is 0. The average Bonchev–Trinajstić information content (AvgIpc) is 2.53. The van der Waals surface area contributed by atoms with Crippen LogP contribution < -0.4 is 4.74 Å². The Morgan fingerprint density at radius 3 is 2.09 bits per heavy atom. The lowest BCUT2D eigenvalue weighted by Crippen LogP contribution is -2.11. The molecule has 0 atom stereocenters. The van der Waals surface area contributed by atoms with Crippen molar-refractivity contribution in [2.45, 2.75) is 39.7 Å². The van der Waals surface area contributed by atoms with Crippen LogP contribution in [-0.2, 0) is 16.8 Å². The average molecular weight is 312 g/mol. The van der Waals surface area contributed by atoms with Crippen LogP contribution in [0.1, 0.15) is 49.2 Å². The second kappa shape index (κ2) is 7.32. The molecular weight excluding hydrogens is 288 g/mol. The molecule has 0 saturated carbocycles. The molecule has 0 heterocycles. The first-order chi connectivity index (χ1) is 10.9. The molecule has 0 unspecified atom stereocenters. The minimum absolute atomic E-state index is 0.123. The van der Waals surface area contributed by atoms with Crippen LogP contribution in [0.4, 0.5) is 0 Å². The van der Waals surface area contributed by atoms with E-state index in [1.54, 1.807) is 24.3 Å². The van der Waals surface area contributed by atoms with Gasteiger partial charge in [-0.2, -0.15) is 0 Å². The second-order valence-electron chi connectivity index (χ2n) is 6.48. The molecule has 0 aliphatic rings. The highest BCUT2D eigenvalue weighted by Crippen LogP contribution is 2.22.